The number of benzene rings is 1. The van der Waals surface area contributed by atoms with Crippen LogP contribution in [0.3, 0.4) is 0 Å². The first-order valence-corrected chi connectivity index (χ1v) is 10.8. The molecule has 0 bridgehead atoms. The van der Waals surface area contributed by atoms with Gasteiger partial charge in [-0.3, -0.25) is 9.59 Å². The van der Waals surface area contributed by atoms with Gasteiger partial charge in [0, 0.05) is 20.6 Å². The molecule has 2 aromatic rings. The Hall–Kier alpha value is -1.58. The average Bonchev–Trinajstić information content (AvgIpc) is 3.10. The Bertz CT molecular complexity index is 722. The number of nitrogens with one attached hydrogen (secondary N) is 1. The van der Waals surface area contributed by atoms with E-state index in [1.54, 1.807) is 19.0 Å². The summed E-state index contributed by atoms with van der Waals surface area (Å²) >= 11 is 4.15. The monoisotopic (exact) mass is 410 g/mol. The molecule has 0 radical (unpaired) electrons. The maximum absolute atomic E-state index is 12.6. The number of likely N-dealkylation sites (N-methyl/N-ethyl adjacent to an activating group) is 1. The summed E-state index contributed by atoms with van der Waals surface area (Å²) < 4.78 is 1.44. The SMILES string of the molecule is CCCNC(=O)CSc1nnc(S[C@H](C(=O)N(C)C)c2ccccc2)s1. The first-order chi connectivity index (χ1) is 12.5. The quantitative estimate of drug-likeness (QED) is 0.641. The molecule has 0 aliphatic carbocycles. The fraction of sp³-hybridized carbons (Fsp3) is 0.412. The predicted octanol–water partition coefficient (Wildman–Crippen LogP) is 3.08. The van der Waals surface area contributed by atoms with E-state index in [0.29, 0.717) is 16.6 Å². The van der Waals surface area contributed by atoms with E-state index >= 15 is 0 Å². The van der Waals surface area contributed by atoms with Crippen LogP contribution < -0.4 is 5.32 Å². The summed E-state index contributed by atoms with van der Waals surface area (Å²) in [4.78, 5) is 25.8. The second-order valence-corrected chi connectivity index (χ2v) is 9.17. The number of carbonyl (C=O) groups is 2. The van der Waals surface area contributed by atoms with Gasteiger partial charge in [0.15, 0.2) is 8.68 Å². The molecule has 2 rings (SSSR count). The fourth-order valence-corrected chi connectivity index (χ4v) is 5.16. The van der Waals surface area contributed by atoms with Crippen molar-refractivity contribution >= 4 is 46.7 Å². The molecule has 0 spiro atoms. The van der Waals surface area contributed by atoms with Gasteiger partial charge < -0.3 is 10.2 Å². The maximum Gasteiger partial charge on any atom is 0.240 e. The number of carbonyl (C=O) groups excluding carboxylic acids is 2. The molecule has 9 heteroatoms. The number of amides is 2. The van der Waals surface area contributed by atoms with Gasteiger partial charge in [-0.25, -0.2) is 0 Å². The van der Waals surface area contributed by atoms with E-state index in [0.717, 1.165) is 16.3 Å². The normalized spacial score (nSPS) is 11.8. The van der Waals surface area contributed by atoms with Crippen LogP contribution in [0.15, 0.2) is 39.0 Å². The van der Waals surface area contributed by atoms with Crippen LogP contribution >= 0.6 is 34.9 Å². The van der Waals surface area contributed by atoms with Crippen LogP contribution in [0.5, 0.6) is 0 Å². The Morgan fingerprint density at radius 1 is 1.19 bits per heavy atom. The van der Waals surface area contributed by atoms with Gasteiger partial charge in [-0.2, -0.15) is 0 Å². The van der Waals surface area contributed by atoms with Crippen molar-refractivity contribution in [3.05, 3.63) is 35.9 Å². The molecule has 1 aromatic heterocycles. The van der Waals surface area contributed by atoms with Gasteiger partial charge in [0.05, 0.1) is 5.75 Å². The van der Waals surface area contributed by atoms with E-state index in [1.165, 1.54) is 34.9 Å². The molecule has 0 aliphatic heterocycles. The number of thioether (sulfide) groups is 2. The van der Waals surface area contributed by atoms with E-state index in [1.807, 2.05) is 37.3 Å². The lowest BCUT2D eigenvalue weighted by atomic mass is 10.1. The largest absolute Gasteiger partial charge is 0.355 e. The van der Waals surface area contributed by atoms with Gasteiger partial charge >= 0.3 is 0 Å². The Kier molecular flexibility index (Phi) is 8.40. The lowest BCUT2D eigenvalue weighted by Crippen LogP contribution is -2.26. The van der Waals surface area contributed by atoms with Crippen LogP contribution in [-0.2, 0) is 9.59 Å². The number of rotatable bonds is 9. The third-order valence-electron chi connectivity index (χ3n) is 3.27. The summed E-state index contributed by atoms with van der Waals surface area (Å²) in [5.41, 5.74) is 0.930. The molecule has 1 heterocycles. The zero-order valence-corrected chi connectivity index (χ0v) is 17.4. The second kappa shape index (κ2) is 10.5. The van der Waals surface area contributed by atoms with Crippen molar-refractivity contribution in [2.45, 2.75) is 27.3 Å². The first kappa shape index (κ1) is 20.7. The minimum Gasteiger partial charge on any atom is -0.355 e. The summed E-state index contributed by atoms with van der Waals surface area (Å²) in [5.74, 6) is 0.314. The lowest BCUT2D eigenvalue weighted by Gasteiger charge is -2.19. The second-order valence-electron chi connectivity index (χ2n) is 5.61. The molecule has 140 valence electrons. The Labute approximate surface area is 166 Å². The van der Waals surface area contributed by atoms with E-state index in [2.05, 4.69) is 15.5 Å². The standard InChI is InChI=1S/C17H22N4O2S3/c1-4-10-18-13(22)11-24-16-19-20-17(26-16)25-14(15(23)21(2)3)12-8-6-5-7-9-12/h5-9,14H,4,10-11H2,1-3H3,(H,18,22)/t14-/m0/s1. The molecule has 1 atom stereocenters. The van der Waals surface area contributed by atoms with Gasteiger partial charge in [0.1, 0.15) is 5.25 Å². The summed E-state index contributed by atoms with van der Waals surface area (Å²) in [6.07, 6.45) is 0.913. The molecule has 1 aromatic carbocycles. The molecule has 0 aliphatic rings. The van der Waals surface area contributed by atoms with Gasteiger partial charge in [-0.15, -0.1) is 10.2 Å². The zero-order valence-electron chi connectivity index (χ0n) is 15.0. The van der Waals surface area contributed by atoms with Gasteiger partial charge in [0.25, 0.3) is 0 Å². The molecule has 2 amide bonds. The highest BCUT2D eigenvalue weighted by atomic mass is 32.2. The van der Waals surface area contributed by atoms with Crippen molar-refractivity contribution in [3.8, 4) is 0 Å². The molecule has 0 fully saturated rings. The average molecular weight is 411 g/mol. The molecule has 1 N–H and O–H groups in total. The van der Waals surface area contributed by atoms with E-state index in [-0.39, 0.29) is 17.1 Å². The van der Waals surface area contributed by atoms with Crippen molar-refractivity contribution in [1.82, 2.24) is 20.4 Å². The Morgan fingerprint density at radius 2 is 1.88 bits per heavy atom. The molecule has 6 nitrogen and oxygen atoms in total. The summed E-state index contributed by atoms with van der Waals surface area (Å²) in [6.45, 7) is 2.70. The molecule has 26 heavy (non-hydrogen) atoms. The number of hydrogen-bond acceptors (Lipinski definition) is 7. The van der Waals surface area contributed by atoms with E-state index in [9.17, 15) is 9.59 Å². The predicted molar refractivity (Wildman–Crippen MR) is 108 cm³/mol. The number of aromatic nitrogens is 2. The first-order valence-electron chi connectivity index (χ1n) is 8.17. The number of nitrogens with zero attached hydrogens (tertiary/aromatic N) is 3. The Morgan fingerprint density at radius 3 is 2.54 bits per heavy atom. The van der Waals surface area contributed by atoms with Crippen LogP contribution in [-0.4, -0.2) is 53.3 Å². The lowest BCUT2D eigenvalue weighted by molar-refractivity contribution is -0.128. The van der Waals surface area contributed by atoms with Gasteiger partial charge in [-0.05, 0) is 12.0 Å². The minimum atomic E-state index is -0.371. The van der Waals surface area contributed by atoms with Gasteiger partial charge in [-0.1, -0.05) is 72.1 Å². The van der Waals surface area contributed by atoms with Crippen LogP contribution in [0.2, 0.25) is 0 Å². The summed E-state index contributed by atoms with van der Waals surface area (Å²) in [5, 5.41) is 10.8. The minimum absolute atomic E-state index is 0.00421. The summed E-state index contributed by atoms with van der Waals surface area (Å²) in [7, 11) is 3.49. The molecule has 0 saturated heterocycles. The molecular weight excluding hydrogens is 388 g/mol. The fourth-order valence-electron chi connectivity index (χ4n) is 1.97. The Balaban J connectivity index is 2.02. The van der Waals surface area contributed by atoms with Crippen molar-refractivity contribution in [2.75, 3.05) is 26.4 Å². The maximum atomic E-state index is 12.6. The highest BCUT2D eigenvalue weighted by Crippen LogP contribution is 2.39. The summed E-state index contributed by atoms with van der Waals surface area (Å²) in [6, 6.07) is 9.64. The molecule has 0 saturated carbocycles. The van der Waals surface area contributed by atoms with Crippen LogP contribution in [0.1, 0.15) is 24.2 Å². The van der Waals surface area contributed by atoms with E-state index < -0.39 is 0 Å². The van der Waals surface area contributed by atoms with Crippen LogP contribution in [0, 0.1) is 0 Å². The van der Waals surface area contributed by atoms with Crippen LogP contribution in [0.4, 0.5) is 0 Å². The topological polar surface area (TPSA) is 75.2 Å². The third kappa shape index (κ3) is 6.30. The third-order valence-corrected chi connectivity index (χ3v) is 6.66. The molecular formula is C17H22N4O2S3. The van der Waals surface area contributed by atoms with Crippen molar-refractivity contribution in [3.63, 3.8) is 0 Å². The highest BCUT2D eigenvalue weighted by Gasteiger charge is 2.25. The van der Waals surface area contributed by atoms with Gasteiger partial charge in [0.2, 0.25) is 11.8 Å². The van der Waals surface area contributed by atoms with Crippen molar-refractivity contribution in [1.29, 1.82) is 0 Å². The van der Waals surface area contributed by atoms with Crippen LogP contribution in [0.25, 0.3) is 0 Å². The van der Waals surface area contributed by atoms with Crippen molar-refractivity contribution < 1.29 is 9.59 Å². The smallest absolute Gasteiger partial charge is 0.240 e. The van der Waals surface area contributed by atoms with Crippen molar-refractivity contribution in [2.24, 2.45) is 0 Å². The molecule has 0 unspecified atom stereocenters. The highest BCUT2D eigenvalue weighted by molar-refractivity contribution is 8.04. The van der Waals surface area contributed by atoms with E-state index in [4.69, 9.17) is 0 Å². The number of hydrogen-bond donors (Lipinski definition) is 1. The zero-order chi connectivity index (χ0) is 18.9.